The average molecular weight is 280 g/mol. The van der Waals surface area contributed by atoms with Crippen molar-refractivity contribution >= 4 is 22.5 Å². The van der Waals surface area contributed by atoms with Gasteiger partial charge >= 0.3 is 0 Å². The van der Waals surface area contributed by atoms with Crippen molar-refractivity contribution in [2.75, 3.05) is 11.4 Å². The lowest BCUT2D eigenvalue weighted by Gasteiger charge is -2.21. The number of aromatic hydroxyl groups is 1. The number of carbonyl (C=O) groups is 1. The quantitative estimate of drug-likeness (QED) is 0.771. The first-order chi connectivity index (χ1) is 10.2. The number of fused-ring (bicyclic) bond motifs is 1. The molecular weight excluding hydrogens is 264 g/mol. The molecule has 0 unspecified atom stereocenters. The fourth-order valence-electron chi connectivity index (χ4n) is 2.52. The number of amides is 1. The zero-order valence-electron chi connectivity index (χ0n) is 11.7. The van der Waals surface area contributed by atoms with Crippen LogP contribution >= 0.6 is 0 Å². The number of hydrogen-bond donors (Lipinski definition) is 2. The summed E-state index contributed by atoms with van der Waals surface area (Å²) < 4.78 is 0. The van der Waals surface area contributed by atoms with Crippen LogP contribution in [-0.2, 0) is 0 Å². The number of nitrogens with zero attached hydrogens (tertiary/aromatic N) is 1. The molecule has 2 aromatic carbocycles. The summed E-state index contributed by atoms with van der Waals surface area (Å²) in [7, 11) is 0. The molecule has 3 rings (SSSR count). The number of hydrogen-bond acceptors (Lipinski definition) is 2. The summed E-state index contributed by atoms with van der Waals surface area (Å²) in [6.45, 7) is 2.45. The van der Waals surface area contributed by atoms with Crippen LogP contribution in [0.1, 0.15) is 17.3 Å². The summed E-state index contributed by atoms with van der Waals surface area (Å²) in [6, 6.07) is 14.3. The topological polar surface area (TPSA) is 56.3 Å². The zero-order valence-corrected chi connectivity index (χ0v) is 11.7. The van der Waals surface area contributed by atoms with Gasteiger partial charge in [-0.3, -0.25) is 4.79 Å². The number of aromatic amines is 1. The number of phenols is 1. The van der Waals surface area contributed by atoms with Crippen LogP contribution in [0.15, 0.2) is 54.7 Å². The standard InChI is InChI=1S/C17H16N2O2/c1-2-19(12-5-3-6-13(20)11-12)17(21)15-7-4-8-16-14(15)9-10-18-16/h3-11,18,20H,2H2,1H3. The molecule has 4 heteroatoms. The Bertz CT molecular complexity index is 792. The third kappa shape index (κ3) is 2.36. The number of H-pyrrole nitrogens is 1. The second-order valence-electron chi connectivity index (χ2n) is 4.81. The average Bonchev–Trinajstić information content (AvgIpc) is 2.96. The third-order valence-corrected chi connectivity index (χ3v) is 3.53. The van der Waals surface area contributed by atoms with Gasteiger partial charge in [-0.25, -0.2) is 0 Å². The first kappa shape index (κ1) is 13.2. The minimum Gasteiger partial charge on any atom is -0.508 e. The van der Waals surface area contributed by atoms with E-state index < -0.39 is 0 Å². The maximum atomic E-state index is 12.8. The SMILES string of the molecule is CCN(C(=O)c1cccc2[nH]ccc12)c1cccc(O)c1. The highest BCUT2D eigenvalue weighted by molar-refractivity contribution is 6.13. The van der Waals surface area contributed by atoms with E-state index in [0.29, 0.717) is 17.8 Å². The minimum atomic E-state index is -0.0756. The van der Waals surface area contributed by atoms with Crippen molar-refractivity contribution in [2.45, 2.75) is 6.92 Å². The van der Waals surface area contributed by atoms with Crippen LogP contribution in [0.2, 0.25) is 0 Å². The van der Waals surface area contributed by atoms with Crippen molar-refractivity contribution in [1.29, 1.82) is 0 Å². The van der Waals surface area contributed by atoms with E-state index in [9.17, 15) is 9.90 Å². The van der Waals surface area contributed by atoms with E-state index in [1.165, 1.54) is 0 Å². The van der Waals surface area contributed by atoms with E-state index in [4.69, 9.17) is 0 Å². The monoisotopic (exact) mass is 280 g/mol. The van der Waals surface area contributed by atoms with E-state index in [0.717, 1.165) is 10.9 Å². The van der Waals surface area contributed by atoms with Crippen LogP contribution in [0.3, 0.4) is 0 Å². The highest BCUT2D eigenvalue weighted by Crippen LogP contribution is 2.24. The van der Waals surface area contributed by atoms with Gasteiger partial charge < -0.3 is 15.0 Å². The summed E-state index contributed by atoms with van der Waals surface area (Å²) in [6.07, 6.45) is 1.83. The van der Waals surface area contributed by atoms with E-state index in [2.05, 4.69) is 4.98 Å². The second kappa shape index (κ2) is 5.32. The second-order valence-corrected chi connectivity index (χ2v) is 4.81. The number of carbonyl (C=O) groups excluding carboxylic acids is 1. The molecule has 0 saturated carbocycles. The van der Waals surface area contributed by atoms with Gasteiger partial charge in [-0.05, 0) is 37.3 Å². The number of phenolic OH excluding ortho intramolecular Hbond substituents is 1. The maximum Gasteiger partial charge on any atom is 0.258 e. The molecule has 1 aromatic heterocycles. The molecule has 3 aromatic rings. The molecule has 1 amide bonds. The minimum absolute atomic E-state index is 0.0756. The molecule has 0 aliphatic rings. The zero-order chi connectivity index (χ0) is 14.8. The van der Waals surface area contributed by atoms with Crippen LogP contribution in [0.25, 0.3) is 10.9 Å². The third-order valence-electron chi connectivity index (χ3n) is 3.53. The van der Waals surface area contributed by atoms with Crippen molar-refractivity contribution in [3.05, 3.63) is 60.3 Å². The highest BCUT2D eigenvalue weighted by Gasteiger charge is 2.18. The molecule has 1 heterocycles. The fraction of sp³-hybridized carbons (Fsp3) is 0.118. The molecule has 0 spiro atoms. The van der Waals surface area contributed by atoms with Gasteiger partial charge in [0.05, 0.1) is 0 Å². The number of nitrogens with one attached hydrogen (secondary N) is 1. The summed E-state index contributed by atoms with van der Waals surface area (Å²) in [5, 5.41) is 10.5. The van der Waals surface area contributed by atoms with E-state index >= 15 is 0 Å². The summed E-state index contributed by atoms with van der Waals surface area (Å²) in [5.41, 5.74) is 2.28. The number of benzene rings is 2. The van der Waals surface area contributed by atoms with Gasteiger partial charge in [0.15, 0.2) is 0 Å². The summed E-state index contributed by atoms with van der Waals surface area (Å²) in [4.78, 5) is 17.6. The molecule has 0 aliphatic heterocycles. The van der Waals surface area contributed by atoms with Gasteiger partial charge in [0.1, 0.15) is 5.75 Å². The maximum absolute atomic E-state index is 12.8. The molecule has 0 aliphatic carbocycles. The van der Waals surface area contributed by atoms with Crippen molar-refractivity contribution in [3.63, 3.8) is 0 Å². The van der Waals surface area contributed by atoms with Crippen molar-refractivity contribution in [1.82, 2.24) is 4.98 Å². The van der Waals surface area contributed by atoms with Crippen LogP contribution in [0.4, 0.5) is 5.69 Å². The smallest absolute Gasteiger partial charge is 0.258 e. The molecule has 21 heavy (non-hydrogen) atoms. The van der Waals surface area contributed by atoms with Gasteiger partial charge in [-0.15, -0.1) is 0 Å². The number of aromatic nitrogens is 1. The normalized spacial score (nSPS) is 10.7. The van der Waals surface area contributed by atoms with Crippen LogP contribution < -0.4 is 4.90 Å². The Morgan fingerprint density at radius 3 is 2.76 bits per heavy atom. The molecule has 106 valence electrons. The lowest BCUT2D eigenvalue weighted by atomic mass is 10.1. The predicted molar refractivity (Wildman–Crippen MR) is 83.8 cm³/mol. The Balaban J connectivity index is 2.05. The molecule has 0 radical (unpaired) electrons. The predicted octanol–water partition coefficient (Wildman–Crippen LogP) is 3.54. The highest BCUT2D eigenvalue weighted by atomic mass is 16.3. The molecule has 0 fully saturated rings. The molecule has 4 nitrogen and oxygen atoms in total. The molecule has 0 saturated heterocycles. The molecule has 2 N–H and O–H groups in total. The van der Waals surface area contributed by atoms with Gasteiger partial charge in [-0.1, -0.05) is 12.1 Å². The van der Waals surface area contributed by atoms with Crippen molar-refractivity contribution < 1.29 is 9.90 Å². The van der Waals surface area contributed by atoms with Gasteiger partial charge in [0.2, 0.25) is 0 Å². The number of anilines is 1. The van der Waals surface area contributed by atoms with Gasteiger partial charge in [-0.2, -0.15) is 0 Å². The van der Waals surface area contributed by atoms with E-state index in [1.54, 1.807) is 23.1 Å². The lowest BCUT2D eigenvalue weighted by molar-refractivity contribution is 0.0990. The lowest BCUT2D eigenvalue weighted by Crippen LogP contribution is -2.30. The Morgan fingerprint density at radius 2 is 2.00 bits per heavy atom. The number of rotatable bonds is 3. The first-order valence-corrected chi connectivity index (χ1v) is 6.87. The van der Waals surface area contributed by atoms with Crippen molar-refractivity contribution in [2.24, 2.45) is 0 Å². The van der Waals surface area contributed by atoms with Gasteiger partial charge in [0, 0.05) is 41.0 Å². The summed E-state index contributed by atoms with van der Waals surface area (Å²) in [5.74, 6) is 0.0758. The Hall–Kier alpha value is -2.75. The van der Waals surface area contributed by atoms with Crippen LogP contribution in [-0.4, -0.2) is 22.5 Å². The largest absolute Gasteiger partial charge is 0.508 e. The van der Waals surface area contributed by atoms with Crippen molar-refractivity contribution in [3.8, 4) is 5.75 Å². The Kier molecular flexibility index (Phi) is 3.36. The van der Waals surface area contributed by atoms with E-state index in [1.807, 2.05) is 43.5 Å². The summed E-state index contributed by atoms with van der Waals surface area (Å²) >= 11 is 0. The first-order valence-electron chi connectivity index (χ1n) is 6.87. The molecule has 0 atom stereocenters. The van der Waals surface area contributed by atoms with Crippen LogP contribution in [0, 0.1) is 0 Å². The molecule has 0 bridgehead atoms. The fourth-order valence-corrected chi connectivity index (χ4v) is 2.52. The van der Waals surface area contributed by atoms with E-state index in [-0.39, 0.29) is 11.7 Å². The van der Waals surface area contributed by atoms with Gasteiger partial charge in [0.25, 0.3) is 5.91 Å². The molecular formula is C17H16N2O2. The van der Waals surface area contributed by atoms with Crippen LogP contribution in [0.5, 0.6) is 5.75 Å². The Labute approximate surface area is 122 Å². The Morgan fingerprint density at radius 1 is 1.19 bits per heavy atom.